The first-order chi connectivity index (χ1) is 6.29. The second-order valence-electron chi connectivity index (χ2n) is 3.37. The summed E-state index contributed by atoms with van der Waals surface area (Å²) in [4.78, 5) is 4.31. The van der Waals surface area contributed by atoms with Gasteiger partial charge in [0, 0.05) is 6.54 Å². The van der Waals surface area contributed by atoms with Gasteiger partial charge in [0.25, 0.3) is 0 Å². The van der Waals surface area contributed by atoms with Gasteiger partial charge in [-0.3, -0.25) is 0 Å². The fourth-order valence-electron chi connectivity index (χ4n) is 1.39. The van der Waals surface area contributed by atoms with E-state index in [4.69, 9.17) is 5.73 Å². The lowest BCUT2D eigenvalue weighted by molar-refractivity contribution is 0.685. The molecule has 2 N–H and O–H groups in total. The van der Waals surface area contributed by atoms with Crippen LogP contribution in [0.15, 0.2) is 6.33 Å². The summed E-state index contributed by atoms with van der Waals surface area (Å²) in [6, 6.07) is 0. The van der Waals surface area contributed by atoms with E-state index in [1.54, 1.807) is 0 Å². The first-order valence-electron chi connectivity index (χ1n) is 5.09. The first-order valence-corrected chi connectivity index (χ1v) is 5.09. The van der Waals surface area contributed by atoms with E-state index in [0.717, 1.165) is 30.9 Å². The second-order valence-corrected chi connectivity index (χ2v) is 3.37. The summed E-state index contributed by atoms with van der Waals surface area (Å²) in [5.74, 6) is 0.857. The second kappa shape index (κ2) is 4.90. The van der Waals surface area contributed by atoms with Crippen molar-refractivity contribution in [2.24, 2.45) is 0 Å². The Balaban J connectivity index is 2.62. The molecule has 13 heavy (non-hydrogen) atoms. The van der Waals surface area contributed by atoms with Crippen molar-refractivity contribution < 1.29 is 0 Å². The molecule has 1 aromatic rings. The van der Waals surface area contributed by atoms with Crippen LogP contribution >= 0.6 is 0 Å². The highest BCUT2D eigenvalue weighted by molar-refractivity contribution is 5.35. The van der Waals surface area contributed by atoms with Gasteiger partial charge < -0.3 is 10.3 Å². The highest BCUT2D eigenvalue weighted by Crippen LogP contribution is 2.13. The minimum atomic E-state index is 0.857. The largest absolute Gasteiger partial charge is 0.384 e. The van der Waals surface area contributed by atoms with Crippen molar-refractivity contribution in [3.8, 4) is 0 Å². The molecule has 1 heterocycles. The molecule has 0 amide bonds. The Kier molecular flexibility index (Phi) is 3.80. The summed E-state index contributed by atoms with van der Waals surface area (Å²) >= 11 is 0. The van der Waals surface area contributed by atoms with E-state index in [1.807, 2.05) is 10.9 Å². The molecule has 0 saturated heterocycles. The van der Waals surface area contributed by atoms with Crippen LogP contribution in [0, 0.1) is 0 Å². The topological polar surface area (TPSA) is 43.8 Å². The number of anilines is 1. The molecule has 0 aromatic carbocycles. The molecule has 0 atom stereocenters. The van der Waals surface area contributed by atoms with Gasteiger partial charge in [0.15, 0.2) is 0 Å². The Bertz CT molecular complexity index is 253. The van der Waals surface area contributed by atoms with Crippen LogP contribution in [-0.2, 0) is 13.0 Å². The number of unbranched alkanes of at least 4 members (excludes halogenated alkanes) is 1. The van der Waals surface area contributed by atoms with Gasteiger partial charge in [-0.1, -0.05) is 20.3 Å². The van der Waals surface area contributed by atoms with E-state index in [2.05, 4.69) is 18.8 Å². The SMILES string of the molecule is CCCCc1ncn(CCC)c1N. The van der Waals surface area contributed by atoms with Gasteiger partial charge in [0.2, 0.25) is 0 Å². The summed E-state index contributed by atoms with van der Waals surface area (Å²) in [6.07, 6.45) is 6.34. The van der Waals surface area contributed by atoms with Crippen LogP contribution in [-0.4, -0.2) is 9.55 Å². The van der Waals surface area contributed by atoms with E-state index in [9.17, 15) is 0 Å². The highest BCUT2D eigenvalue weighted by Gasteiger charge is 2.05. The van der Waals surface area contributed by atoms with Crippen LogP contribution in [0.2, 0.25) is 0 Å². The van der Waals surface area contributed by atoms with Gasteiger partial charge in [-0.05, 0) is 19.3 Å². The molecule has 0 saturated carbocycles. The van der Waals surface area contributed by atoms with Crippen molar-refractivity contribution in [2.75, 3.05) is 5.73 Å². The van der Waals surface area contributed by atoms with E-state index < -0.39 is 0 Å². The maximum Gasteiger partial charge on any atom is 0.126 e. The number of rotatable bonds is 5. The van der Waals surface area contributed by atoms with E-state index >= 15 is 0 Å². The summed E-state index contributed by atoms with van der Waals surface area (Å²) < 4.78 is 2.03. The summed E-state index contributed by atoms with van der Waals surface area (Å²) in [7, 11) is 0. The first kappa shape index (κ1) is 10.1. The zero-order chi connectivity index (χ0) is 9.68. The third kappa shape index (κ3) is 2.47. The average Bonchev–Trinajstić information content (AvgIpc) is 2.46. The predicted octanol–water partition coefficient (Wildman–Crippen LogP) is 2.22. The van der Waals surface area contributed by atoms with Gasteiger partial charge in [-0.15, -0.1) is 0 Å². The van der Waals surface area contributed by atoms with Crippen molar-refractivity contribution >= 4 is 5.82 Å². The summed E-state index contributed by atoms with van der Waals surface area (Å²) in [5, 5.41) is 0. The number of aromatic nitrogens is 2. The maximum atomic E-state index is 5.93. The zero-order valence-electron chi connectivity index (χ0n) is 8.58. The Hall–Kier alpha value is -0.990. The lowest BCUT2D eigenvalue weighted by Crippen LogP contribution is -2.02. The van der Waals surface area contributed by atoms with Gasteiger partial charge in [0.05, 0.1) is 12.0 Å². The lowest BCUT2D eigenvalue weighted by Gasteiger charge is -2.02. The molecular formula is C10H19N3. The molecule has 1 aromatic heterocycles. The zero-order valence-corrected chi connectivity index (χ0v) is 8.58. The van der Waals surface area contributed by atoms with Crippen LogP contribution < -0.4 is 5.73 Å². The number of nitrogen functional groups attached to an aromatic ring is 1. The summed E-state index contributed by atoms with van der Waals surface area (Å²) in [5.41, 5.74) is 7.00. The molecule has 0 aliphatic heterocycles. The van der Waals surface area contributed by atoms with Crippen LogP contribution in [0.4, 0.5) is 5.82 Å². The average molecular weight is 181 g/mol. The monoisotopic (exact) mass is 181 g/mol. The Morgan fingerprint density at radius 1 is 1.38 bits per heavy atom. The smallest absolute Gasteiger partial charge is 0.126 e. The minimum absolute atomic E-state index is 0.857. The number of hydrogen-bond donors (Lipinski definition) is 1. The van der Waals surface area contributed by atoms with Gasteiger partial charge in [0.1, 0.15) is 5.82 Å². The van der Waals surface area contributed by atoms with E-state index in [1.165, 1.54) is 12.8 Å². The molecule has 3 heteroatoms. The lowest BCUT2D eigenvalue weighted by atomic mass is 10.2. The third-order valence-electron chi connectivity index (χ3n) is 2.19. The molecular weight excluding hydrogens is 162 g/mol. The number of imidazole rings is 1. The molecule has 0 aliphatic carbocycles. The Morgan fingerprint density at radius 2 is 2.15 bits per heavy atom. The Labute approximate surface area is 80.0 Å². The molecule has 0 bridgehead atoms. The van der Waals surface area contributed by atoms with Gasteiger partial charge >= 0.3 is 0 Å². The number of hydrogen-bond acceptors (Lipinski definition) is 2. The normalized spacial score (nSPS) is 10.6. The maximum absolute atomic E-state index is 5.93. The minimum Gasteiger partial charge on any atom is -0.384 e. The van der Waals surface area contributed by atoms with Crippen molar-refractivity contribution in [3.63, 3.8) is 0 Å². The highest BCUT2D eigenvalue weighted by atomic mass is 15.1. The number of aryl methyl sites for hydroxylation is 2. The molecule has 0 radical (unpaired) electrons. The standard InChI is InChI=1S/C10H19N3/c1-3-5-6-9-10(11)13(7-4-2)8-12-9/h8H,3-7,11H2,1-2H3. The van der Waals surface area contributed by atoms with Crippen LogP contribution in [0.3, 0.4) is 0 Å². The fourth-order valence-corrected chi connectivity index (χ4v) is 1.39. The quantitative estimate of drug-likeness (QED) is 0.757. The van der Waals surface area contributed by atoms with Crippen molar-refractivity contribution in [2.45, 2.75) is 46.1 Å². The van der Waals surface area contributed by atoms with Gasteiger partial charge in [-0.25, -0.2) is 4.98 Å². The molecule has 0 fully saturated rings. The van der Waals surface area contributed by atoms with Crippen molar-refractivity contribution in [1.29, 1.82) is 0 Å². The molecule has 0 aliphatic rings. The predicted molar refractivity (Wildman–Crippen MR) is 55.5 cm³/mol. The molecule has 0 unspecified atom stereocenters. The molecule has 1 rings (SSSR count). The molecule has 3 nitrogen and oxygen atoms in total. The van der Waals surface area contributed by atoms with Crippen molar-refractivity contribution in [1.82, 2.24) is 9.55 Å². The van der Waals surface area contributed by atoms with Crippen LogP contribution in [0.5, 0.6) is 0 Å². The third-order valence-corrected chi connectivity index (χ3v) is 2.19. The molecule has 0 spiro atoms. The van der Waals surface area contributed by atoms with Crippen LogP contribution in [0.1, 0.15) is 38.8 Å². The fraction of sp³-hybridized carbons (Fsp3) is 0.700. The molecule has 74 valence electrons. The van der Waals surface area contributed by atoms with E-state index in [-0.39, 0.29) is 0 Å². The number of nitrogens with two attached hydrogens (primary N) is 1. The van der Waals surface area contributed by atoms with Crippen molar-refractivity contribution in [3.05, 3.63) is 12.0 Å². The van der Waals surface area contributed by atoms with Gasteiger partial charge in [-0.2, -0.15) is 0 Å². The summed E-state index contributed by atoms with van der Waals surface area (Å²) in [6.45, 7) is 5.30. The Morgan fingerprint density at radius 3 is 2.77 bits per heavy atom. The van der Waals surface area contributed by atoms with Crippen LogP contribution in [0.25, 0.3) is 0 Å². The number of nitrogens with zero attached hydrogens (tertiary/aromatic N) is 2. The van der Waals surface area contributed by atoms with E-state index in [0.29, 0.717) is 0 Å².